The van der Waals surface area contributed by atoms with Crippen LogP contribution in [0.4, 0.5) is 26.3 Å². The number of carbonyl (C=O) groups excluding carboxylic acids is 1. The summed E-state index contributed by atoms with van der Waals surface area (Å²) in [5.74, 6) is 2.82. The van der Waals surface area contributed by atoms with E-state index in [0.29, 0.717) is 30.6 Å². The first-order valence-corrected chi connectivity index (χ1v) is 13.3. The Balaban J connectivity index is 0.000000368. The van der Waals surface area contributed by atoms with Crippen LogP contribution in [0, 0.1) is 59.2 Å². The minimum Gasteiger partial charge on any atom is -1.00 e. The molecule has 0 aliphatic heterocycles. The number of fused-ring (bicyclic) bond motifs is 4. The van der Waals surface area contributed by atoms with Crippen molar-refractivity contribution in [2.24, 2.45) is 59.2 Å². The molecular formula is C27H42F6IO3V-. The van der Waals surface area contributed by atoms with Crippen molar-refractivity contribution < 1.29 is 83.5 Å². The summed E-state index contributed by atoms with van der Waals surface area (Å²) in [6.07, 6.45) is -9.32. The summed E-state index contributed by atoms with van der Waals surface area (Å²) in [6, 6.07) is 0. The third-order valence-electron chi connectivity index (χ3n) is 10.1. The van der Waals surface area contributed by atoms with E-state index >= 15 is 0 Å². The minimum absolute atomic E-state index is 0. The average molecular weight is 706 g/mol. The van der Waals surface area contributed by atoms with Crippen LogP contribution in [0.1, 0.15) is 80.6 Å². The van der Waals surface area contributed by atoms with Gasteiger partial charge in [-0.05, 0) is 106 Å². The maximum absolute atomic E-state index is 12.7. The fraction of sp³-hybridized carbons (Fsp3) is 0.963. The maximum Gasteiger partial charge on any atom is 0.426 e. The van der Waals surface area contributed by atoms with E-state index in [4.69, 9.17) is 4.74 Å². The minimum atomic E-state index is -5.69. The van der Waals surface area contributed by atoms with Gasteiger partial charge in [0.05, 0.1) is 5.92 Å². The van der Waals surface area contributed by atoms with Gasteiger partial charge in [0.1, 0.15) is 5.60 Å². The smallest absolute Gasteiger partial charge is 0.426 e. The number of hydrogen-bond donors (Lipinski definition) is 1. The molecule has 3 nitrogen and oxygen atoms in total. The number of alkyl halides is 6. The Labute approximate surface area is 251 Å². The molecule has 0 saturated heterocycles. The second-order valence-electron chi connectivity index (χ2n) is 13.2. The molecule has 223 valence electrons. The number of halogens is 7. The van der Waals surface area contributed by atoms with Crippen molar-refractivity contribution in [1.82, 2.24) is 0 Å². The molecule has 4 aliphatic rings. The van der Waals surface area contributed by atoms with E-state index in [2.05, 4.69) is 13.8 Å². The third-order valence-corrected chi connectivity index (χ3v) is 10.1. The number of rotatable bonds is 3. The molecule has 0 heterocycles. The molecule has 38 heavy (non-hydrogen) atoms. The Morgan fingerprint density at radius 2 is 1.18 bits per heavy atom. The zero-order valence-corrected chi connectivity index (χ0v) is 26.7. The van der Waals surface area contributed by atoms with E-state index in [1.807, 2.05) is 34.6 Å². The second-order valence-corrected chi connectivity index (χ2v) is 13.2. The van der Waals surface area contributed by atoms with E-state index in [1.165, 1.54) is 6.42 Å². The van der Waals surface area contributed by atoms with Gasteiger partial charge in [-0.15, -0.1) is 0 Å². The van der Waals surface area contributed by atoms with Crippen LogP contribution in [0.3, 0.4) is 0 Å². The van der Waals surface area contributed by atoms with Gasteiger partial charge >= 0.3 is 18.3 Å². The summed E-state index contributed by atoms with van der Waals surface area (Å²) >= 11 is 0. The Morgan fingerprint density at radius 1 is 0.763 bits per heavy atom. The van der Waals surface area contributed by atoms with Crippen LogP contribution in [0.15, 0.2) is 0 Å². The second kappa shape index (κ2) is 12.3. The van der Waals surface area contributed by atoms with Crippen molar-refractivity contribution in [3.05, 3.63) is 0 Å². The molecule has 1 radical (unpaired) electrons. The zero-order valence-electron chi connectivity index (χ0n) is 23.2. The largest absolute Gasteiger partial charge is 1.00 e. The molecular weight excluding hydrogens is 664 g/mol. The molecule has 10 atom stereocenters. The van der Waals surface area contributed by atoms with Gasteiger partial charge in [-0.2, -0.15) is 26.3 Å². The van der Waals surface area contributed by atoms with Crippen molar-refractivity contribution in [1.29, 1.82) is 0 Å². The van der Waals surface area contributed by atoms with Gasteiger partial charge in [-0.25, -0.2) is 0 Å². The van der Waals surface area contributed by atoms with Crippen molar-refractivity contribution in [2.45, 2.75) is 104 Å². The summed E-state index contributed by atoms with van der Waals surface area (Å²) in [5.41, 5.74) is -4.92. The molecule has 11 heteroatoms. The molecule has 4 saturated carbocycles. The molecule has 0 aromatic carbocycles. The number of esters is 1. The average Bonchev–Trinajstić information content (AvgIpc) is 3.44. The Hall–Kier alpha value is 0.324. The third kappa shape index (κ3) is 7.03. The van der Waals surface area contributed by atoms with Crippen molar-refractivity contribution in [3.63, 3.8) is 0 Å². The van der Waals surface area contributed by atoms with Gasteiger partial charge in [-0.3, -0.25) is 4.79 Å². The van der Waals surface area contributed by atoms with Crippen LogP contribution < -0.4 is 24.0 Å². The number of hydrogen-bond acceptors (Lipinski definition) is 3. The molecule has 4 aliphatic carbocycles. The molecule has 4 bridgehead atoms. The molecule has 4 fully saturated rings. The van der Waals surface area contributed by atoms with Crippen LogP contribution in [-0.2, 0) is 28.1 Å². The van der Waals surface area contributed by atoms with Crippen molar-refractivity contribution >= 4 is 5.97 Å². The quantitative estimate of drug-likeness (QED) is 0.269. The van der Waals surface area contributed by atoms with Crippen molar-refractivity contribution in [2.75, 3.05) is 0 Å². The number of ether oxygens (including phenoxy) is 1. The summed E-state index contributed by atoms with van der Waals surface area (Å²) in [4.78, 5) is 12.1. The van der Waals surface area contributed by atoms with Gasteiger partial charge in [0.15, 0.2) is 0 Å². The van der Waals surface area contributed by atoms with Gasteiger partial charge in [0.2, 0.25) is 0 Å². The fourth-order valence-corrected chi connectivity index (χ4v) is 7.69. The molecule has 0 amide bonds. The van der Waals surface area contributed by atoms with E-state index < -0.39 is 30.3 Å². The van der Waals surface area contributed by atoms with Crippen molar-refractivity contribution in [3.8, 4) is 0 Å². The summed E-state index contributed by atoms with van der Waals surface area (Å²) in [6.45, 7) is 14.3. The molecule has 0 spiro atoms. The van der Waals surface area contributed by atoms with Crippen LogP contribution in [0.2, 0.25) is 0 Å². The van der Waals surface area contributed by atoms with Gasteiger partial charge in [0, 0.05) is 18.6 Å². The fourth-order valence-electron chi connectivity index (χ4n) is 7.69. The van der Waals surface area contributed by atoms with Crippen LogP contribution in [0.25, 0.3) is 0 Å². The van der Waals surface area contributed by atoms with Gasteiger partial charge < -0.3 is 33.8 Å². The predicted molar refractivity (Wildman–Crippen MR) is 124 cm³/mol. The molecule has 10 unspecified atom stereocenters. The Kier molecular flexibility index (Phi) is 11.7. The maximum atomic E-state index is 12.7. The first-order chi connectivity index (χ1) is 16.2. The van der Waals surface area contributed by atoms with E-state index in [0.717, 1.165) is 18.3 Å². The number of aliphatic hydroxyl groups is 1. The SMILES string of the molecule is CC1C2CC(C(=O)OC(C)(C)C)C(C2)C1C.CC1C2CC(CC(O)(C(F)(F)F)C(F)(F)F)C(C2)C1C.[I-].[V]. The standard InChI is InChI=1S/C14H24O2.C13H18F6O.HI.V/c1-8-9(2)11-6-10(8)7-12(11)13(15)16-14(3,4)5;1-6-7(2)10-4-8(6)3-9(10)5-11(20,12(14,15)16)13(17,18)19;;/h8-12H,6-7H2,1-5H3;6-10,20H,3-5H2,1-2H3;1H;/p-1. The molecule has 0 aromatic rings. The van der Waals surface area contributed by atoms with Gasteiger partial charge in [-0.1, -0.05) is 27.7 Å². The summed E-state index contributed by atoms with van der Waals surface area (Å²) < 4.78 is 81.7. The van der Waals surface area contributed by atoms with E-state index in [-0.39, 0.29) is 77.8 Å². The zero-order chi connectivity index (χ0) is 27.6. The van der Waals surface area contributed by atoms with Crippen LogP contribution in [0.5, 0.6) is 0 Å². The summed E-state index contributed by atoms with van der Waals surface area (Å²) in [7, 11) is 0. The topological polar surface area (TPSA) is 46.5 Å². The first-order valence-electron chi connectivity index (χ1n) is 13.3. The molecule has 1 N–H and O–H groups in total. The molecule has 4 rings (SSSR count). The first kappa shape index (κ1) is 36.4. The Morgan fingerprint density at radius 3 is 1.53 bits per heavy atom. The van der Waals surface area contributed by atoms with Crippen LogP contribution in [-0.4, -0.2) is 34.6 Å². The molecule has 0 aromatic heterocycles. The predicted octanol–water partition coefficient (Wildman–Crippen LogP) is 4.42. The normalized spacial score (nSPS) is 38.2. The van der Waals surface area contributed by atoms with Crippen LogP contribution >= 0.6 is 0 Å². The number of carbonyl (C=O) groups is 1. The van der Waals surface area contributed by atoms with E-state index in [9.17, 15) is 36.2 Å². The Bertz CT molecular complexity index is 796. The van der Waals surface area contributed by atoms with E-state index in [1.54, 1.807) is 0 Å². The summed E-state index contributed by atoms with van der Waals surface area (Å²) in [5, 5.41) is 9.28. The monoisotopic (exact) mass is 706 g/mol. The van der Waals surface area contributed by atoms with Gasteiger partial charge in [0.25, 0.3) is 5.60 Å².